The van der Waals surface area contributed by atoms with Crippen molar-refractivity contribution >= 4 is 23.2 Å². The van der Waals surface area contributed by atoms with Gasteiger partial charge in [0.05, 0.1) is 6.61 Å². The van der Waals surface area contributed by atoms with Crippen molar-refractivity contribution in [2.45, 2.75) is 18.3 Å². The summed E-state index contributed by atoms with van der Waals surface area (Å²) in [4.78, 5) is 0. The summed E-state index contributed by atoms with van der Waals surface area (Å²) in [6.45, 7) is 1.10. The molecule has 0 saturated heterocycles. The van der Waals surface area contributed by atoms with Gasteiger partial charge in [0.25, 0.3) is 0 Å². The number of ether oxygens (including phenoxy) is 1. The molecule has 0 N–H and O–H groups in total. The first-order valence-corrected chi connectivity index (χ1v) is 7.23. The van der Waals surface area contributed by atoms with Crippen molar-refractivity contribution in [1.82, 2.24) is 0 Å². The van der Waals surface area contributed by atoms with Crippen LogP contribution in [-0.2, 0) is 10.2 Å². The topological polar surface area (TPSA) is 9.23 Å². The van der Waals surface area contributed by atoms with Gasteiger partial charge in [0.15, 0.2) is 0 Å². The molecule has 0 atom stereocenters. The van der Waals surface area contributed by atoms with Crippen molar-refractivity contribution in [3.63, 3.8) is 0 Å². The van der Waals surface area contributed by atoms with Gasteiger partial charge in [0.1, 0.15) is 5.82 Å². The maximum Gasteiger partial charge on any atom is 0.127 e. The fraction of sp³-hybridized carbons (Fsp3) is 0.571. The summed E-state index contributed by atoms with van der Waals surface area (Å²) in [5.74, 6) is 0.910. The molecule has 0 spiro atoms. The summed E-state index contributed by atoms with van der Waals surface area (Å²) in [6, 6.07) is 6.63. The second kappa shape index (κ2) is 6.23. The Kier molecular flexibility index (Phi) is 4.88. The molecule has 1 aliphatic rings. The molecular weight excluding hydrogens is 274 g/mol. The number of rotatable bonds is 7. The van der Waals surface area contributed by atoms with Gasteiger partial charge in [-0.2, -0.15) is 0 Å². The molecule has 0 unspecified atom stereocenters. The van der Waals surface area contributed by atoms with E-state index in [-0.39, 0.29) is 17.6 Å². The maximum absolute atomic E-state index is 13.9. The van der Waals surface area contributed by atoms with Gasteiger partial charge in [-0.15, -0.1) is 23.2 Å². The predicted octanol–water partition coefficient (Wildman–Crippen LogP) is 3.97. The molecule has 0 radical (unpaired) electrons. The van der Waals surface area contributed by atoms with E-state index in [4.69, 9.17) is 27.9 Å². The Morgan fingerprint density at radius 2 is 1.89 bits per heavy atom. The zero-order valence-corrected chi connectivity index (χ0v) is 11.7. The van der Waals surface area contributed by atoms with E-state index in [2.05, 4.69) is 0 Å². The monoisotopic (exact) mass is 290 g/mol. The molecule has 1 fully saturated rings. The van der Waals surface area contributed by atoms with Crippen molar-refractivity contribution in [2.75, 3.05) is 25.0 Å². The Morgan fingerprint density at radius 3 is 2.44 bits per heavy atom. The van der Waals surface area contributed by atoms with Crippen LogP contribution in [0.25, 0.3) is 0 Å². The van der Waals surface area contributed by atoms with Crippen LogP contribution in [0.15, 0.2) is 24.3 Å². The Balaban J connectivity index is 2.11. The lowest BCUT2D eigenvalue weighted by atomic mass is 9.84. The van der Waals surface area contributed by atoms with Gasteiger partial charge in [-0.05, 0) is 30.4 Å². The van der Waals surface area contributed by atoms with Gasteiger partial charge in [0.2, 0.25) is 0 Å². The van der Waals surface area contributed by atoms with Gasteiger partial charge >= 0.3 is 0 Å². The van der Waals surface area contributed by atoms with Crippen LogP contribution in [0.1, 0.15) is 18.4 Å². The fourth-order valence-corrected chi connectivity index (χ4v) is 2.66. The van der Waals surface area contributed by atoms with Crippen LogP contribution in [0.3, 0.4) is 0 Å². The van der Waals surface area contributed by atoms with Gasteiger partial charge in [0, 0.05) is 23.8 Å². The summed E-state index contributed by atoms with van der Waals surface area (Å²) >= 11 is 12.1. The zero-order valence-electron chi connectivity index (χ0n) is 10.2. The van der Waals surface area contributed by atoms with Crippen molar-refractivity contribution < 1.29 is 9.13 Å². The lowest BCUT2D eigenvalue weighted by Crippen LogP contribution is -2.37. The van der Waals surface area contributed by atoms with Gasteiger partial charge in [-0.1, -0.05) is 18.2 Å². The van der Waals surface area contributed by atoms with E-state index >= 15 is 0 Å². The first-order valence-electron chi connectivity index (χ1n) is 6.16. The minimum absolute atomic E-state index is 0.252. The molecule has 1 aromatic carbocycles. The third kappa shape index (κ3) is 3.17. The number of halogens is 3. The molecule has 100 valence electrons. The number of alkyl halides is 2. The van der Waals surface area contributed by atoms with Crippen LogP contribution in [-0.4, -0.2) is 25.0 Å². The van der Waals surface area contributed by atoms with E-state index in [9.17, 15) is 4.39 Å². The molecule has 1 aromatic rings. The zero-order chi connectivity index (χ0) is 13.0. The van der Waals surface area contributed by atoms with E-state index in [0.717, 1.165) is 6.61 Å². The van der Waals surface area contributed by atoms with Crippen LogP contribution in [0.4, 0.5) is 4.39 Å². The molecular formula is C14H17Cl2FO. The SMILES string of the molecule is Fc1ccccc1C(CCl)(CCl)COCC1CC1. The molecule has 0 aliphatic heterocycles. The van der Waals surface area contributed by atoms with Crippen LogP contribution in [0.5, 0.6) is 0 Å². The van der Waals surface area contributed by atoms with Crippen LogP contribution < -0.4 is 0 Å². The standard InChI is InChI=1S/C14H17Cl2FO/c15-8-14(9-16,10-18-7-11-5-6-11)12-3-1-2-4-13(12)17/h1-4,11H,5-10H2. The number of hydrogen-bond donors (Lipinski definition) is 0. The fourth-order valence-electron chi connectivity index (χ4n) is 1.93. The van der Waals surface area contributed by atoms with E-state index in [1.54, 1.807) is 18.2 Å². The molecule has 4 heteroatoms. The smallest absolute Gasteiger partial charge is 0.127 e. The lowest BCUT2D eigenvalue weighted by molar-refractivity contribution is 0.0877. The average molecular weight is 291 g/mol. The van der Waals surface area contributed by atoms with Gasteiger partial charge < -0.3 is 4.74 Å². The molecule has 0 aromatic heterocycles. The number of benzene rings is 1. The minimum Gasteiger partial charge on any atom is -0.380 e. The molecule has 0 amide bonds. The highest BCUT2D eigenvalue weighted by atomic mass is 35.5. The predicted molar refractivity (Wildman–Crippen MR) is 73.1 cm³/mol. The molecule has 1 nitrogen and oxygen atoms in total. The highest BCUT2D eigenvalue weighted by Gasteiger charge is 2.34. The first-order chi connectivity index (χ1) is 8.72. The summed E-state index contributed by atoms with van der Waals surface area (Å²) < 4.78 is 19.6. The average Bonchev–Trinajstić information content (AvgIpc) is 3.20. The van der Waals surface area contributed by atoms with E-state index < -0.39 is 5.41 Å². The van der Waals surface area contributed by atoms with Crippen LogP contribution in [0.2, 0.25) is 0 Å². The number of hydrogen-bond acceptors (Lipinski definition) is 1. The molecule has 0 heterocycles. The largest absolute Gasteiger partial charge is 0.380 e. The molecule has 2 rings (SSSR count). The Bertz CT molecular complexity index is 389. The van der Waals surface area contributed by atoms with E-state index in [0.29, 0.717) is 18.1 Å². The highest BCUT2D eigenvalue weighted by molar-refractivity contribution is 6.22. The van der Waals surface area contributed by atoms with Crippen molar-refractivity contribution in [1.29, 1.82) is 0 Å². The highest BCUT2D eigenvalue weighted by Crippen LogP contribution is 2.33. The maximum atomic E-state index is 13.9. The van der Waals surface area contributed by atoms with Crippen LogP contribution >= 0.6 is 23.2 Å². The summed E-state index contributed by atoms with van der Waals surface area (Å²) in [5, 5.41) is 0. The van der Waals surface area contributed by atoms with Gasteiger partial charge in [-0.25, -0.2) is 4.39 Å². The third-order valence-electron chi connectivity index (χ3n) is 3.39. The molecule has 0 bridgehead atoms. The minimum atomic E-state index is -0.636. The Morgan fingerprint density at radius 1 is 1.22 bits per heavy atom. The first kappa shape index (κ1) is 14.1. The molecule has 1 aliphatic carbocycles. The van der Waals surface area contributed by atoms with Crippen LogP contribution in [0, 0.1) is 11.7 Å². The normalized spacial score (nSPS) is 15.9. The van der Waals surface area contributed by atoms with E-state index in [1.165, 1.54) is 18.9 Å². The molecule has 1 saturated carbocycles. The Labute approximate surface area is 117 Å². The van der Waals surface area contributed by atoms with E-state index in [1.807, 2.05) is 0 Å². The summed E-state index contributed by atoms with van der Waals surface area (Å²) in [7, 11) is 0. The van der Waals surface area contributed by atoms with Crippen molar-refractivity contribution in [3.05, 3.63) is 35.6 Å². The van der Waals surface area contributed by atoms with Crippen molar-refractivity contribution in [2.24, 2.45) is 5.92 Å². The second-order valence-electron chi connectivity index (χ2n) is 4.99. The Hall–Kier alpha value is -0.310. The third-order valence-corrected chi connectivity index (χ3v) is 4.41. The summed E-state index contributed by atoms with van der Waals surface area (Å²) in [6.07, 6.45) is 2.46. The summed E-state index contributed by atoms with van der Waals surface area (Å²) in [5.41, 5.74) is -0.0885. The quantitative estimate of drug-likeness (QED) is 0.691. The molecule has 18 heavy (non-hydrogen) atoms. The van der Waals surface area contributed by atoms with Gasteiger partial charge in [-0.3, -0.25) is 0 Å². The lowest BCUT2D eigenvalue weighted by Gasteiger charge is -2.30. The van der Waals surface area contributed by atoms with Crippen molar-refractivity contribution in [3.8, 4) is 0 Å². The second-order valence-corrected chi connectivity index (χ2v) is 5.52.